The van der Waals surface area contributed by atoms with Crippen LogP contribution in [0.5, 0.6) is 0 Å². The van der Waals surface area contributed by atoms with Crippen molar-refractivity contribution in [3.63, 3.8) is 0 Å². The number of hydrogen-bond donors (Lipinski definition) is 1. The maximum absolute atomic E-state index is 12.2. The van der Waals surface area contributed by atoms with Crippen molar-refractivity contribution in [2.75, 3.05) is 25.9 Å². The summed E-state index contributed by atoms with van der Waals surface area (Å²) in [7, 11) is 1.59. The average molecular weight is 383 g/mol. The van der Waals surface area contributed by atoms with E-state index < -0.39 is 0 Å². The second kappa shape index (κ2) is 9.38. The van der Waals surface area contributed by atoms with Gasteiger partial charge in [0.05, 0.1) is 18.0 Å². The van der Waals surface area contributed by atoms with Crippen LogP contribution in [0.1, 0.15) is 13.3 Å². The number of halogens is 1. The predicted octanol–water partition coefficient (Wildman–Crippen LogP) is 1.39. The largest absolute Gasteiger partial charge is 0.355 e. The molecule has 1 heterocycles. The van der Waals surface area contributed by atoms with E-state index in [9.17, 15) is 9.59 Å². The highest BCUT2D eigenvalue weighted by Gasteiger charge is 2.16. The standard InChI is InChI=1S/C15H19ClN6O2S/c1-3-8-17-13(23)9-21(2)14(24)10-25-15-18-19-20-22(15)12-6-4-11(16)5-7-12/h4-7H,3,8-10H2,1-2H3,(H,17,23). The number of aromatic nitrogens is 4. The van der Waals surface area contributed by atoms with E-state index in [-0.39, 0.29) is 24.1 Å². The van der Waals surface area contributed by atoms with Crippen LogP contribution in [-0.2, 0) is 9.59 Å². The second-order valence-electron chi connectivity index (χ2n) is 5.24. The van der Waals surface area contributed by atoms with Gasteiger partial charge in [-0.2, -0.15) is 4.68 Å². The Bertz CT molecular complexity index is 721. The fourth-order valence-electron chi connectivity index (χ4n) is 1.87. The first-order chi connectivity index (χ1) is 12.0. The lowest BCUT2D eigenvalue weighted by Gasteiger charge is -2.16. The van der Waals surface area contributed by atoms with Gasteiger partial charge in [0.1, 0.15) is 0 Å². The van der Waals surface area contributed by atoms with Gasteiger partial charge < -0.3 is 10.2 Å². The first kappa shape index (κ1) is 19.2. The molecule has 1 N–H and O–H groups in total. The molecule has 0 saturated heterocycles. The molecule has 25 heavy (non-hydrogen) atoms. The quantitative estimate of drug-likeness (QED) is 0.693. The summed E-state index contributed by atoms with van der Waals surface area (Å²) in [5.74, 6) is -0.220. The molecular formula is C15H19ClN6O2S. The number of tetrazole rings is 1. The molecule has 0 radical (unpaired) electrons. The third-order valence-corrected chi connectivity index (χ3v) is 4.37. The Kier molecular flexibility index (Phi) is 7.20. The summed E-state index contributed by atoms with van der Waals surface area (Å²) in [6.07, 6.45) is 0.854. The summed E-state index contributed by atoms with van der Waals surface area (Å²) in [6.45, 7) is 2.60. The lowest BCUT2D eigenvalue weighted by Crippen LogP contribution is -2.39. The monoisotopic (exact) mass is 382 g/mol. The van der Waals surface area contributed by atoms with E-state index in [2.05, 4.69) is 20.8 Å². The number of hydrogen-bond acceptors (Lipinski definition) is 6. The molecule has 0 fully saturated rings. The molecule has 0 saturated carbocycles. The van der Waals surface area contributed by atoms with Crippen LogP contribution >= 0.6 is 23.4 Å². The Labute approximate surface area is 154 Å². The van der Waals surface area contributed by atoms with E-state index in [1.54, 1.807) is 31.3 Å². The molecule has 0 aliphatic carbocycles. The minimum Gasteiger partial charge on any atom is -0.355 e. The molecule has 10 heteroatoms. The van der Waals surface area contributed by atoms with Gasteiger partial charge in [0, 0.05) is 18.6 Å². The van der Waals surface area contributed by atoms with E-state index in [0.29, 0.717) is 16.7 Å². The maximum atomic E-state index is 12.2. The van der Waals surface area contributed by atoms with E-state index >= 15 is 0 Å². The minimum atomic E-state index is -0.178. The third kappa shape index (κ3) is 5.71. The predicted molar refractivity (Wildman–Crippen MR) is 95.8 cm³/mol. The van der Waals surface area contributed by atoms with E-state index in [1.165, 1.54) is 21.3 Å². The molecule has 0 atom stereocenters. The van der Waals surface area contributed by atoms with Crippen molar-refractivity contribution in [1.82, 2.24) is 30.4 Å². The zero-order chi connectivity index (χ0) is 18.2. The first-order valence-electron chi connectivity index (χ1n) is 7.69. The summed E-state index contributed by atoms with van der Waals surface area (Å²) >= 11 is 7.08. The van der Waals surface area contributed by atoms with Crippen molar-refractivity contribution >= 4 is 35.2 Å². The van der Waals surface area contributed by atoms with Crippen LogP contribution in [0.4, 0.5) is 0 Å². The number of carbonyl (C=O) groups is 2. The first-order valence-corrected chi connectivity index (χ1v) is 9.05. The fraction of sp³-hybridized carbons (Fsp3) is 0.400. The smallest absolute Gasteiger partial charge is 0.239 e. The van der Waals surface area contributed by atoms with Crippen molar-refractivity contribution in [2.45, 2.75) is 18.5 Å². The summed E-state index contributed by atoms with van der Waals surface area (Å²) in [6, 6.07) is 7.05. The molecule has 2 aromatic rings. The molecule has 0 aliphatic rings. The Hall–Kier alpha value is -2.13. The highest BCUT2D eigenvalue weighted by molar-refractivity contribution is 7.99. The van der Waals surface area contributed by atoms with Crippen molar-refractivity contribution in [3.8, 4) is 5.69 Å². The topological polar surface area (TPSA) is 93.0 Å². The van der Waals surface area contributed by atoms with Crippen molar-refractivity contribution in [2.24, 2.45) is 0 Å². The van der Waals surface area contributed by atoms with Crippen molar-refractivity contribution in [3.05, 3.63) is 29.3 Å². The molecule has 1 aromatic carbocycles. The lowest BCUT2D eigenvalue weighted by molar-refractivity contribution is -0.132. The number of carbonyl (C=O) groups excluding carboxylic acids is 2. The zero-order valence-electron chi connectivity index (χ0n) is 14.0. The Morgan fingerprint density at radius 1 is 1.32 bits per heavy atom. The SMILES string of the molecule is CCCNC(=O)CN(C)C(=O)CSc1nnnn1-c1ccc(Cl)cc1. The Balaban J connectivity index is 1.91. The van der Waals surface area contributed by atoms with Crippen LogP contribution in [0.25, 0.3) is 5.69 Å². The van der Waals surface area contributed by atoms with E-state index in [4.69, 9.17) is 11.6 Å². The average Bonchev–Trinajstić information content (AvgIpc) is 3.07. The van der Waals surface area contributed by atoms with Crippen LogP contribution in [-0.4, -0.2) is 62.8 Å². The highest BCUT2D eigenvalue weighted by atomic mass is 35.5. The Morgan fingerprint density at radius 2 is 2.04 bits per heavy atom. The molecule has 0 aliphatic heterocycles. The normalized spacial score (nSPS) is 10.5. The molecule has 8 nitrogen and oxygen atoms in total. The molecule has 0 unspecified atom stereocenters. The number of amides is 2. The summed E-state index contributed by atoms with van der Waals surface area (Å²) in [4.78, 5) is 25.2. The maximum Gasteiger partial charge on any atom is 0.239 e. The van der Waals surface area contributed by atoms with Gasteiger partial charge in [-0.1, -0.05) is 30.3 Å². The Morgan fingerprint density at radius 3 is 2.72 bits per heavy atom. The van der Waals surface area contributed by atoms with Crippen LogP contribution in [0.15, 0.2) is 29.4 Å². The zero-order valence-corrected chi connectivity index (χ0v) is 15.5. The number of nitrogens with zero attached hydrogens (tertiary/aromatic N) is 5. The third-order valence-electron chi connectivity index (χ3n) is 3.22. The molecule has 1 aromatic heterocycles. The molecule has 0 bridgehead atoms. The number of rotatable bonds is 8. The lowest BCUT2D eigenvalue weighted by atomic mass is 10.3. The molecular weight excluding hydrogens is 364 g/mol. The number of nitrogens with one attached hydrogen (secondary N) is 1. The van der Waals surface area contributed by atoms with E-state index in [0.717, 1.165) is 12.1 Å². The highest BCUT2D eigenvalue weighted by Crippen LogP contribution is 2.19. The van der Waals surface area contributed by atoms with Crippen molar-refractivity contribution < 1.29 is 9.59 Å². The van der Waals surface area contributed by atoms with Crippen LogP contribution < -0.4 is 5.32 Å². The number of benzene rings is 1. The van der Waals surface area contributed by atoms with Crippen LogP contribution in [0.3, 0.4) is 0 Å². The van der Waals surface area contributed by atoms with Gasteiger partial charge in [0.15, 0.2) is 0 Å². The van der Waals surface area contributed by atoms with Gasteiger partial charge >= 0.3 is 0 Å². The van der Waals surface area contributed by atoms with Crippen LogP contribution in [0, 0.1) is 0 Å². The van der Waals surface area contributed by atoms with Gasteiger partial charge in [-0.3, -0.25) is 9.59 Å². The van der Waals surface area contributed by atoms with Gasteiger partial charge in [0.2, 0.25) is 17.0 Å². The second-order valence-corrected chi connectivity index (χ2v) is 6.62. The van der Waals surface area contributed by atoms with Gasteiger partial charge in [-0.15, -0.1) is 5.10 Å². The molecule has 2 rings (SSSR count). The fourth-order valence-corrected chi connectivity index (χ4v) is 2.83. The number of thioether (sulfide) groups is 1. The van der Waals surface area contributed by atoms with Gasteiger partial charge in [-0.25, -0.2) is 0 Å². The van der Waals surface area contributed by atoms with Gasteiger partial charge in [0.25, 0.3) is 0 Å². The summed E-state index contributed by atoms with van der Waals surface area (Å²) in [5, 5.41) is 15.3. The van der Waals surface area contributed by atoms with Crippen LogP contribution in [0.2, 0.25) is 5.02 Å². The summed E-state index contributed by atoms with van der Waals surface area (Å²) < 4.78 is 1.53. The minimum absolute atomic E-state index is 0.0293. The summed E-state index contributed by atoms with van der Waals surface area (Å²) in [5.41, 5.74) is 0.747. The molecule has 134 valence electrons. The van der Waals surface area contributed by atoms with Gasteiger partial charge in [-0.05, 0) is 41.1 Å². The van der Waals surface area contributed by atoms with E-state index in [1.807, 2.05) is 6.92 Å². The number of likely N-dealkylation sites (N-methyl/N-ethyl adjacent to an activating group) is 1. The molecule has 0 spiro atoms. The molecule has 2 amide bonds. The van der Waals surface area contributed by atoms with Crippen molar-refractivity contribution in [1.29, 1.82) is 0 Å².